The molecule has 2 aromatic carbocycles. The Bertz CT molecular complexity index is 736. The summed E-state index contributed by atoms with van der Waals surface area (Å²) in [5, 5.41) is 6.91. The number of hydrogen-bond donors (Lipinski definition) is 2. The zero-order chi connectivity index (χ0) is 18.8. The second-order valence-electron chi connectivity index (χ2n) is 5.67. The van der Waals surface area contributed by atoms with Crippen LogP contribution in [0.25, 0.3) is 0 Å². The van der Waals surface area contributed by atoms with E-state index in [9.17, 15) is 4.79 Å². The van der Waals surface area contributed by atoms with Crippen LogP contribution in [0, 0.1) is 6.92 Å². The summed E-state index contributed by atoms with van der Waals surface area (Å²) >= 11 is 7.21. The number of rotatable bonds is 8. The van der Waals surface area contributed by atoms with Gasteiger partial charge in [0.25, 0.3) is 0 Å². The molecule has 0 heterocycles. The molecule has 0 saturated carbocycles. The number of benzene rings is 2. The molecule has 0 fully saturated rings. The summed E-state index contributed by atoms with van der Waals surface area (Å²) in [6.45, 7) is 4.89. The molecule has 0 aliphatic rings. The fourth-order valence-electron chi connectivity index (χ4n) is 2.27. The Morgan fingerprint density at radius 2 is 1.96 bits per heavy atom. The van der Waals surface area contributed by atoms with Crippen LogP contribution >= 0.6 is 24.0 Å². The molecule has 0 amide bonds. The standard InChI is InChI=1S/C20H24N2O2S2/c1-3-24-19(23)17-10-9-15(2)18(13-17)22-20(25)21-11-12-26-14-16-7-5-4-6-8-16/h4-10,13H,3,11-12,14H2,1-2H3,(H2,21,22,25). The Morgan fingerprint density at radius 1 is 1.19 bits per heavy atom. The number of nitrogens with one attached hydrogen (secondary N) is 2. The Morgan fingerprint density at radius 3 is 2.69 bits per heavy atom. The highest BCUT2D eigenvalue weighted by Gasteiger charge is 2.09. The van der Waals surface area contributed by atoms with Crippen LogP contribution in [0.1, 0.15) is 28.4 Å². The summed E-state index contributed by atoms with van der Waals surface area (Å²) in [7, 11) is 0. The second-order valence-corrected chi connectivity index (χ2v) is 7.18. The van der Waals surface area contributed by atoms with Gasteiger partial charge in [0.05, 0.1) is 12.2 Å². The maximum Gasteiger partial charge on any atom is 0.338 e. The van der Waals surface area contributed by atoms with Gasteiger partial charge in [-0.25, -0.2) is 4.79 Å². The Kier molecular flexibility index (Phi) is 8.44. The van der Waals surface area contributed by atoms with Gasteiger partial charge in [-0.2, -0.15) is 11.8 Å². The van der Waals surface area contributed by atoms with Crippen LogP contribution in [0.5, 0.6) is 0 Å². The van der Waals surface area contributed by atoms with Gasteiger partial charge in [-0.15, -0.1) is 0 Å². The molecule has 0 spiro atoms. The molecular weight excluding hydrogens is 364 g/mol. The quantitative estimate of drug-likeness (QED) is 0.397. The third-order valence-corrected chi connectivity index (χ3v) is 4.92. The van der Waals surface area contributed by atoms with Crippen molar-refractivity contribution in [1.29, 1.82) is 0 Å². The predicted molar refractivity (Wildman–Crippen MR) is 114 cm³/mol. The number of aryl methyl sites for hydroxylation is 1. The van der Waals surface area contributed by atoms with Crippen LogP contribution in [-0.2, 0) is 10.5 Å². The minimum absolute atomic E-state index is 0.327. The Labute approximate surface area is 164 Å². The van der Waals surface area contributed by atoms with Crippen LogP contribution in [-0.4, -0.2) is 30.0 Å². The van der Waals surface area contributed by atoms with E-state index in [2.05, 4.69) is 34.9 Å². The highest BCUT2D eigenvalue weighted by atomic mass is 32.2. The molecule has 26 heavy (non-hydrogen) atoms. The van der Waals surface area contributed by atoms with Crippen molar-refractivity contribution < 1.29 is 9.53 Å². The smallest absolute Gasteiger partial charge is 0.338 e. The van der Waals surface area contributed by atoms with Gasteiger partial charge in [0.15, 0.2) is 5.11 Å². The molecule has 0 bridgehead atoms. The van der Waals surface area contributed by atoms with Gasteiger partial charge < -0.3 is 15.4 Å². The van der Waals surface area contributed by atoms with Crippen LogP contribution in [0.2, 0.25) is 0 Å². The van der Waals surface area contributed by atoms with Gasteiger partial charge in [0.2, 0.25) is 0 Å². The van der Waals surface area contributed by atoms with E-state index in [1.807, 2.05) is 30.8 Å². The summed E-state index contributed by atoms with van der Waals surface area (Å²) in [6.07, 6.45) is 0. The highest BCUT2D eigenvalue weighted by Crippen LogP contribution is 2.17. The summed E-state index contributed by atoms with van der Waals surface area (Å²) in [5.41, 5.74) is 3.66. The van der Waals surface area contributed by atoms with E-state index in [0.717, 1.165) is 29.3 Å². The van der Waals surface area contributed by atoms with Crippen molar-refractivity contribution in [2.75, 3.05) is 24.2 Å². The molecule has 4 nitrogen and oxygen atoms in total. The van der Waals surface area contributed by atoms with Crippen LogP contribution < -0.4 is 10.6 Å². The van der Waals surface area contributed by atoms with Crippen LogP contribution in [0.15, 0.2) is 48.5 Å². The van der Waals surface area contributed by atoms with Crippen molar-refractivity contribution in [2.24, 2.45) is 0 Å². The number of hydrogen-bond acceptors (Lipinski definition) is 4. The van der Waals surface area contributed by atoms with E-state index in [4.69, 9.17) is 17.0 Å². The normalized spacial score (nSPS) is 10.2. The van der Waals surface area contributed by atoms with Crippen LogP contribution in [0.3, 0.4) is 0 Å². The second kappa shape index (κ2) is 10.8. The molecule has 138 valence electrons. The van der Waals surface area contributed by atoms with Gasteiger partial charge in [0.1, 0.15) is 0 Å². The topological polar surface area (TPSA) is 50.4 Å². The molecule has 0 radical (unpaired) electrons. The highest BCUT2D eigenvalue weighted by molar-refractivity contribution is 7.98. The lowest BCUT2D eigenvalue weighted by atomic mass is 10.1. The Balaban J connectivity index is 1.76. The summed E-state index contributed by atoms with van der Waals surface area (Å²) in [6, 6.07) is 15.8. The number of ether oxygens (including phenoxy) is 1. The first-order chi connectivity index (χ1) is 12.6. The zero-order valence-corrected chi connectivity index (χ0v) is 16.7. The molecule has 0 unspecified atom stereocenters. The Hall–Kier alpha value is -2.05. The van der Waals surface area contributed by atoms with Crippen molar-refractivity contribution in [3.05, 3.63) is 65.2 Å². The van der Waals surface area contributed by atoms with Crippen molar-refractivity contribution in [1.82, 2.24) is 5.32 Å². The minimum Gasteiger partial charge on any atom is -0.462 e. The monoisotopic (exact) mass is 388 g/mol. The van der Waals surface area contributed by atoms with Gasteiger partial charge in [-0.1, -0.05) is 36.4 Å². The first kappa shape index (κ1) is 20.3. The number of anilines is 1. The van der Waals surface area contributed by atoms with E-state index in [1.165, 1.54) is 5.56 Å². The van der Waals surface area contributed by atoms with E-state index in [-0.39, 0.29) is 5.97 Å². The van der Waals surface area contributed by atoms with Crippen molar-refractivity contribution in [3.8, 4) is 0 Å². The lowest BCUT2D eigenvalue weighted by Gasteiger charge is -2.13. The van der Waals surface area contributed by atoms with Crippen molar-refractivity contribution in [2.45, 2.75) is 19.6 Å². The SMILES string of the molecule is CCOC(=O)c1ccc(C)c(NC(=S)NCCSCc2ccccc2)c1. The average molecular weight is 389 g/mol. The predicted octanol–water partition coefficient (Wildman–Crippen LogP) is 4.39. The number of carbonyl (C=O) groups excluding carboxylic acids is 1. The first-order valence-electron chi connectivity index (χ1n) is 8.54. The van der Waals surface area contributed by atoms with E-state index in [1.54, 1.807) is 19.1 Å². The molecule has 2 rings (SSSR count). The molecule has 6 heteroatoms. The molecule has 0 atom stereocenters. The molecular formula is C20H24N2O2S2. The molecule has 0 saturated heterocycles. The van der Waals surface area contributed by atoms with E-state index in [0.29, 0.717) is 17.3 Å². The third-order valence-electron chi connectivity index (χ3n) is 3.64. The number of carbonyl (C=O) groups is 1. The molecule has 0 aromatic heterocycles. The summed E-state index contributed by atoms with van der Waals surface area (Å²) < 4.78 is 5.04. The lowest BCUT2D eigenvalue weighted by molar-refractivity contribution is 0.0526. The van der Waals surface area contributed by atoms with Gasteiger partial charge in [0, 0.05) is 23.7 Å². The molecule has 2 N–H and O–H groups in total. The van der Waals surface area contributed by atoms with Gasteiger partial charge in [-0.05, 0) is 49.3 Å². The largest absolute Gasteiger partial charge is 0.462 e. The van der Waals surface area contributed by atoms with Crippen molar-refractivity contribution >= 4 is 40.7 Å². The fourth-order valence-corrected chi connectivity index (χ4v) is 3.30. The van der Waals surface area contributed by atoms with E-state index >= 15 is 0 Å². The number of esters is 1. The molecule has 0 aliphatic heterocycles. The third kappa shape index (κ3) is 6.69. The summed E-state index contributed by atoms with van der Waals surface area (Å²) in [4.78, 5) is 11.9. The minimum atomic E-state index is -0.327. The molecule has 2 aromatic rings. The maximum atomic E-state index is 11.9. The maximum absolute atomic E-state index is 11.9. The van der Waals surface area contributed by atoms with Gasteiger partial charge >= 0.3 is 5.97 Å². The molecule has 0 aliphatic carbocycles. The van der Waals surface area contributed by atoms with Crippen LogP contribution in [0.4, 0.5) is 5.69 Å². The number of thiocarbonyl (C=S) groups is 1. The number of thioether (sulfide) groups is 1. The first-order valence-corrected chi connectivity index (χ1v) is 10.1. The summed E-state index contributed by atoms with van der Waals surface area (Å²) in [5.74, 6) is 1.62. The average Bonchev–Trinajstić information content (AvgIpc) is 2.64. The van der Waals surface area contributed by atoms with Gasteiger partial charge in [-0.3, -0.25) is 0 Å². The zero-order valence-electron chi connectivity index (χ0n) is 15.1. The van der Waals surface area contributed by atoms with Crippen molar-refractivity contribution in [3.63, 3.8) is 0 Å². The van der Waals surface area contributed by atoms with E-state index < -0.39 is 0 Å². The fraction of sp³-hybridized carbons (Fsp3) is 0.300. The lowest BCUT2D eigenvalue weighted by Crippen LogP contribution is -2.30.